The monoisotopic (exact) mass is 397 g/mol. The minimum absolute atomic E-state index is 0.0357. The molecule has 0 N–H and O–H groups in total. The molecule has 0 bridgehead atoms. The molecule has 2 aromatic carbocycles. The van der Waals surface area contributed by atoms with Gasteiger partial charge in [0.05, 0.1) is 17.8 Å². The predicted molar refractivity (Wildman–Crippen MR) is 112 cm³/mol. The van der Waals surface area contributed by atoms with Gasteiger partial charge in [0.25, 0.3) is 0 Å². The normalized spacial score (nSPS) is 19.9. The summed E-state index contributed by atoms with van der Waals surface area (Å²) in [4.78, 5) is 12.3. The van der Waals surface area contributed by atoms with Crippen LogP contribution in [0, 0.1) is 0 Å². The maximum Gasteiger partial charge on any atom is 0.227 e. The fraction of sp³-hybridized carbons (Fsp3) is 0.167. The number of ether oxygens (including phenoxy) is 1. The van der Waals surface area contributed by atoms with Crippen LogP contribution in [0.15, 0.2) is 82.6 Å². The van der Waals surface area contributed by atoms with Crippen molar-refractivity contribution >= 4 is 22.5 Å². The largest absolute Gasteiger partial charge is 0.464 e. The standard InChI is InChI=1S/C24H19N3O3/c1-15(28)26-14-18(16-7-2-4-9-20(16)26)24-27-21(17-8-3-5-10-22(17)30-24)13-19(25-27)23-11-6-12-29-23/h2-12,14,21,24H,13H2,1H3/t21-,24-/m0/s1. The molecular formula is C24H19N3O3. The highest BCUT2D eigenvalue weighted by Crippen LogP contribution is 2.48. The molecule has 4 heterocycles. The average molecular weight is 397 g/mol. The van der Waals surface area contributed by atoms with Gasteiger partial charge in [-0.15, -0.1) is 0 Å². The number of rotatable bonds is 2. The zero-order valence-corrected chi connectivity index (χ0v) is 16.4. The van der Waals surface area contributed by atoms with E-state index in [0.717, 1.165) is 45.7 Å². The van der Waals surface area contributed by atoms with E-state index >= 15 is 0 Å². The summed E-state index contributed by atoms with van der Waals surface area (Å²) in [7, 11) is 0. The summed E-state index contributed by atoms with van der Waals surface area (Å²) in [5.74, 6) is 1.58. The maximum absolute atomic E-state index is 12.3. The van der Waals surface area contributed by atoms with Gasteiger partial charge in [-0.1, -0.05) is 36.4 Å². The number of nitrogens with zero attached hydrogens (tertiary/aromatic N) is 3. The van der Waals surface area contributed by atoms with Gasteiger partial charge in [-0.3, -0.25) is 9.36 Å². The fourth-order valence-corrected chi connectivity index (χ4v) is 4.49. The van der Waals surface area contributed by atoms with Crippen molar-refractivity contribution in [1.82, 2.24) is 9.58 Å². The molecule has 6 nitrogen and oxygen atoms in total. The minimum atomic E-state index is -0.442. The van der Waals surface area contributed by atoms with Gasteiger partial charge in [-0.25, -0.2) is 5.01 Å². The Bertz CT molecular complexity index is 1300. The molecule has 0 unspecified atom stereocenters. The van der Waals surface area contributed by atoms with E-state index in [2.05, 4.69) is 6.07 Å². The third-order valence-corrected chi connectivity index (χ3v) is 5.85. The number of hydrogen-bond donors (Lipinski definition) is 0. The Labute approximate surface area is 173 Å². The second-order valence-corrected chi connectivity index (χ2v) is 7.62. The molecule has 0 radical (unpaired) electrons. The molecule has 2 aromatic heterocycles. The zero-order valence-electron chi connectivity index (χ0n) is 16.4. The second-order valence-electron chi connectivity index (χ2n) is 7.62. The van der Waals surface area contributed by atoms with Crippen molar-refractivity contribution in [2.24, 2.45) is 5.10 Å². The number of hydrogen-bond acceptors (Lipinski definition) is 5. The van der Waals surface area contributed by atoms with E-state index in [1.807, 2.05) is 65.8 Å². The van der Waals surface area contributed by atoms with Crippen LogP contribution < -0.4 is 4.74 Å². The van der Waals surface area contributed by atoms with E-state index in [9.17, 15) is 4.79 Å². The number of furan rings is 1. The molecule has 0 aliphatic carbocycles. The van der Waals surface area contributed by atoms with Crippen LogP contribution in [0.4, 0.5) is 0 Å². The van der Waals surface area contributed by atoms with Gasteiger partial charge >= 0.3 is 0 Å². The second kappa shape index (κ2) is 6.35. The Balaban J connectivity index is 1.54. The number of benzene rings is 2. The van der Waals surface area contributed by atoms with Crippen molar-refractivity contribution in [1.29, 1.82) is 0 Å². The van der Waals surface area contributed by atoms with Crippen LogP contribution in [0.5, 0.6) is 5.75 Å². The lowest BCUT2D eigenvalue weighted by molar-refractivity contribution is -0.0181. The van der Waals surface area contributed by atoms with E-state index in [1.165, 1.54) is 0 Å². The highest BCUT2D eigenvalue weighted by atomic mass is 16.5. The van der Waals surface area contributed by atoms with Gasteiger partial charge in [0.2, 0.25) is 12.1 Å². The Kier molecular flexibility index (Phi) is 3.62. The van der Waals surface area contributed by atoms with E-state index in [1.54, 1.807) is 17.8 Å². The van der Waals surface area contributed by atoms with Gasteiger partial charge in [-0.2, -0.15) is 5.10 Å². The molecule has 2 atom stereocenters. The Morgan fingerprint density at radius 2 is 1.87 bits per heavy atom. The van der Waals surface area contributed by atoms with E-state index in [-0.39, 0.29) is 11.9 Å². The molecule has 2 aliphatic rings. The number of carbonyl (C=O) groups excluding carboxylic acids is 1. The topological polar surface area (TPSA) is 60.0 Å². The summed E-state index contributed by atoms with van der Waals surface area (Å²) in [6.45, 7) is 1.57. The highest BCUT2D eigenvalue weighted by Gasteiger charge is 2.42. The molecule has 0 spiro atoms. The summed E-state index contributed by atoms with van der Waals surface area (Å²) in [5.41, 5.74) is 3.79. The van der Waals surface area contributed by atoms with Gasteiger partial charge in [0, 0.05) is 36.1 Å². The van der Waals surface area contributed by atoms with Gasteiger partial charge in [-0.05, 0) is 24.3 Å². The maximum atomic E-state index is 12.3. The number of aromatic nitrogens is 1. The molecular weight excluding hydrogens is 378 g/mol. The molecule has 6 heteroatoms. The first-order chi connectivity index (χ1) is 14.7. The van der Waals surface area contributed by atoms with E-state index in [4.69, 9.17) is 14.3 Å². The Morgan fingerprint density at radius 3 is 2.70 bits per heavy atom. The molecule has 0 amide bonds. The summed E-state index contributed by atoms with van der Waals surface area (Å²) in [5, 5.41) is 7.90. The van der Waals surface area contributed by atoms with Gasteiger partial charge in [0.15, 0.2) is 0 Å². The predicted octanol–water partition coefficient (Wildman–Crippen LogP) is 5.14. The van der Waals surface area contributed by atoms with Crippen LogP contribution >= 0.6 is 0 Å². The van der Waals surface area contributed by atoms with Crippen LogP contribution in [-0.2, 0) is 0 Å². The average Bonchev–Trinajstić information content (AvgIpc) is 3.51. The lowest BCUT2D eigenvalue weighted by Crippen LogP contribution is -2.33. The Morgan fingerprint density at radius 1 is 1.03 bits per heavy atom. The number of fused-ring (bicyclic) bond motifs is 4. The quantitative estimate of drug-likeness (QED) is 0.470. The van der Waals surface area contributed by atoms with Crippen molar-refractivity contribution in [3.05, 3.63) is 90.0 Å². The van der Waals surface area contributed by atoms with Crippen molar-refractivity contribution in [3.8, 4) is 5.75 Å². The molecule has 0 fully saturated rings. The fourth-order valence-electron chi connectivity index (χ4n) is 4.49. The van der Waals surface area contributed by atoms with Crippen molar-refractivity contribution in [3.63, 3.8) is 0 Å². The lowest BCUT2D eigenvalue weighted by atomic mass is 9.97. The van der Waals surface area contributed by atoms with E-state index in [0.29, 0.717) is 0 Å². The molecule has 30 heavy (non-hydrogen) atoms. The van der Waals surface area contributed by atoms with Crippen molar-refractivity contribution in [2.75, 3.05) is 0 Å². The third kappa shape index (κ3) is 2.43. The first kappa shape index (κ1) is 17.1. The third-order valence-electron chi connectivity index (χ3n) is 5.85. The van der Waals surface area contributed by atoms with Gasteiger partial charge < -0.3 is 9.15 Å². The van der Waals surface area contributed by atoms with E-state index < -0.39 is 6.23 Å². The summed E-state index contributed by atoms with van der Waals surface area (Å²) < 4.78 is 13.8. The number of carbonyl (C=O) groups is 1. The van der Waals surface area contributed by atoms with Crippen LogP contribution in [0.3, 0.4) is 0 Å². The highest BCUT2D eigenvalue weighted by molar-refractivity contribution is 5.99. The molecule has 4 aromatic rings. The summed E-state index contributed by atoms with van der Waals surface area (Å²) >= 11 is 0. The lowest BCUT2D eigenvalue weighted by Gasteiger charge is -2.37. The first-order valence-corrected chi connectivity index (χ1v) is 9.97. The molecule has 0 saturated heterocycles. The van der Waals surface area contributed by atoms with Crippen molar-refractivity contribution in [2.45, 2.75) is 25.6 Å². The van der Waals surface area contributed by atoms with Crippen molar-refractivity contribution < 1.29 is 13.9 Å². The first-order valence-electron chi connectivity index (χ1n) is 9.97. The van der Waals surface area contributed by atoms with Gasteiger partial charge in [0.1, 0.15) is 17.2 Å². The molecule has 0 saturated carbocycles. The molecule has 6 rings (SSSR count). The SMILES string of the molecule is CC(=O)n1cc([C@@H]2Oc3ccccc3[C@@H]3CC(c4ccco4)=NN32)c2ccccc21. The summed E-state index contributed by atoms with van der Waals surface area (Å²) in [6.07, 6.45) is 3.83. The molecule has 148 valence electrons. The zero-order chi connectivity index (χ0) is 20.2. The van der Waals surface area contributed by atoms with Crippen LogP contribution in [0.2, 0.25) is 0 Å². The Hall–Kier alpha value is -3.80. The van der Waals surface area contributed by atoms with Crippen LogP contribution in [-0.4, -0.2) is 21.2 Å². The van der Waals surface area contributed by atoms with Crippen LogP contribution in [0.1, 0.15) is 47.3 Å². The molecule has 2 aliphatic heterocycles. The minimum Gasteiger partial charge on any atom is -0.464 e. The number of hydrazone groups is 1. The van der Waals surface area contributed by atoms with Crippen LogP contribution in [0.25, 0.3) is 10.9 Å². The summed E-state index contributed by atoms with van der Waals surface area (Å²) in [6, 6.07) is 19.8. The smallest absolute Gasteiger partial charge is 0.227 e. The number of para-hydroxylation sites is 2.